The molecule has 3 rings (SSSR count). The Hall–Kier alpha value is -3.80. The molecule has 6 heteroatoms. The van der Waals surface area contributed by atoms with Crippen molar-refractivity contribution in [1.82, 2.24) is 0 Å². The predicted octanol–water partition coefficient (Wildman–Crippen LogP) is 4.35. The molecule has 0 aliphatic heterocycles. The van der Waals surface area contributed by atoms with Crippen molar-refractivity contribution in [1.29, 1.82) is 0 Å². The minimum atomic E-state index is -0.756. The van der Waals surface area contributed by atoms with Crippen molar-refractivity contribution in [3.8, 4) is 11.5 Å². The zero-order valence-electron chi connectivity index (χ0n) is 16.2. The standard InChI is InChI=1S/C23H22N2O4/c1-16(29-21-14-7-6-13-20(21)28-2)22(26)25-19-12-8-9-17(15-19)23(27)24-18-10-4-3-5-11-18/h3-16H,1-2H3,(H,24,27)(H,25,26). The molecule has 0 aromatic heterocycles. The summed E-state index contributed by atoms with van der Waals surface area (Å²) in [5, 5.41) is 5.59. The van der Waals surface area contributed by atoms with Crippen LogP contribution in [-0.4, -0.2) is 25.0 Å². The van der Waals surface area contributed by atoms with E-state index in [0.717, 1.165) is 0 Å². The van der Waals surface area contributed by atoms with Crippen molar-refractivity contribution in [3.05, 3.63) is 84.4 Å². The van der Waals surface area contributed by atoms with Crippen LogP contribution in [0.2, 0.25) is 0 Å². The lowest BCUT2D eigenvalue weighted by molar-refractivity contribution is -0.122. The van der Waals surface area contributed by atoms with Gasteiger partial charge in [0.15, 0.2) is 17.6 Å². The molecule has 3 aromatic rings. The molecule has 0 fully saturated rings. The van der Waals surface area contributed by atoms with Crippen LogP contribution in [0.25, 0.3) is 0 Å². The molecule has 0 spiro atoms. The summed E-state index contributed by atoms with van der Waals surface area (Å²) in [5.41, 5.74) is 1.64. The van der Waals surface area contributed by atoms with E-state index in [4.69, 9.17) is 9.47 Å². The number of methoxy groups -OCH3 is 1. The Bertz CT molecular complexity index is 989. The van der Waals surface area contributed by atoms with Gasteiger partial charge in [-0.2, -0.15) is 0 Å². The van der Waals surface area contributed by atoms with Gasteiger partial charge in [0, 0.05) is 16.9 Å². The number of para-hydroxylation sites is 3. The molecule has 1 unspecified atom stereocenters. The quantitative estimate of drug-likeness (QED) is 0.629. The summed E-state index contributed by atoms with van der Waals surface area (Å²) in [4.78, 5) is 24.9. The maximum absolute atomic E-state index is 12.5. The lowest BCUT2D eigenvalue weighted by atomic mass is 10.1. The Morgan fingerprint density at radius 1 is 0.793 bits per heavy atom. The van der Waals surface area contributed by atoms with E-state index in [1.54, 1.807) is 68.6 Å². The topological polar surface area (TPSA) is 76.7 Å². The van der Waals surface area contributed by atoms with Gasteiger partial charge in [-0.05, 0) is 49.4 Å². The summed E-state index contributed by atoms with van der Waals surface area (Å²) in [6, 6.07) is 23.0. The number of rotatable bonds is 7. The fourth-order valence-electron chi connectivity index (χ4n) is 2.67. The number of carbonyl (C=O) groups is 2. The van der Waals surface area contributed by atoms with Gasteiger partial charge in [-0.1, -0.05) is 36.4 Å². The van der Waals surface area contributed by atoms with Gasteiger partial charge in [-0.3, -0.25) is 9.59 Å². The molecular formula is C23H22N2O4. The Labute approximate surface area is 169 Å². The molecular weight excluding hydrogens is 368 g/mol. The number of carbonyl (C=O) groups excluding carboxylic acids is 2. The first-order valence-electron chi connectivity index (χ1n) is 9.14. The minimum Gasteiger partial charge on any atom is -0.493 e. The number of hydrogen-bond donors (Lipinski definition) is 2. The molecule has 6 nitrogen and oxygen atoms in total. The molecule has 29 heavy (non-hydrogen) atoms. The van der Waals surface area contributed by atoms with Gasteiger partial charge in [0.05, 0.1) is 7.11 Å². The summed E-state index contributed by atoms with van der Waals surface area (Å²) < 4.78 is 10.9. The number of nitrogens with one attached hydrogen (secondary N) is 2. The molecule has 0 aliphatic rings. The highest BCUT2D eigenvalue weighted by Crippen LogP contribution is 2.27. The molecule has 2 amide bonds. The first kappa shape index (κ1) is 19.9. The smallest absolute Gasteiger partial charge is 0.265 e. The van der Waals surface area contributed by atoms with Gasteiger partial charge in [0.2, 0.25) is 0 Å². The van der Waals surface area contributed by atoms with E-state index in [2.05, 4.69) is 10.6 Å². The first-order valence-corrected chi connectivity index (χ1v) is 9.14. The van der Waals surface area contributed by atoms with Crippen molar-refractivity contribution >= 4 is 23.2 Å². The Balaban J connectivity index is 1.64. The van der Waals surface area contributed by atoms with Crippen LogP contribution in [-0.2, 0) is 4.79 Å². The fourth-order valence-corrected chi connectivity index (χ4v) is 2.67. The zero-order valence-corrected chi connectivity index (χ0v) is 16.2. The van der Waals surface area contributed by atoms with Gasteiger partial charge in [-0.15, -0.1) is 0 Å². The Kier molecular flexibility index (Phi) is 6.47. The molecule has 2 N–H and O–H groups in total. The molecule has 0 bridgehead atoms. The van der Waals surface area contributed by atoms with Gasteiger partial charge < -0.3 is 20.1 Å². The molecule has 0 saturated heterocycles. The summed E-state index contributed by atoms with van der Waals surface area (Å²) in [6.07, 6.45) is -0.756. The Morgan fingerprint density at radius 3 is 2.17 bits per heavy atom. The van der Waals surface area contributed by atoms with E-state index in [9.17, 15) is 9.59 Å². The van der Waals surface area contributed by atoms with Crippen LogP contribution in [0, 0.1) is 0 Å². The van der Waals surface area contributed by atoms with Gasteiger partial charge in [0.1, 0.15) is 0 Å². The van der Waals surface area contributed by atoms with Crippen molar-refractivity contribution in [2.24, 2.45) is 0 Å². The van der Waals surface area contributed by atoms with Crippen LogP contribution in [0.1, 0.15) is 17.3 Å². The second-order valence-electron chi connectivity index (χ2n) is 6.30. The van der Waals surface area contributed by atoms with E-state index in [0.29, 0.717) is 28.4 Å². The monoisotopic (exact) mass is 390 g/mol. The number of benzene rings is 3. The number of hydrogen-bond acceptors (Lipinski definition) is 4. The highest BCUT2D eigenvalue weighted by Gasteiger charge is 2.17. The maximum atomic E-state index is 12.5. The predicted molar refractivity (Wildman–Crippen MR) is 113 cm³/mol. The van der Waals surface area contributed by atoms with Gasteiger partial charge in [0.25, 0.3) is 11.8 Å². The largest absolute Gasteiger partial charge is 0.493 e. The summed E-state index contributed by atoms with van der Waals surface area (Å²) in [7, 11) is 1.54. The van der Waals surface area contributed by atoms with Crippen molar-refractivity contribution in [3.63, 3.8) is 0 Å². The number of ether oxygens (including phenoxy) is 2. The van der Waals surface area contributed by atoms with E-state index in [1.807, 2.05) is 24.3 Å². The van der Waals surface area contributed by atoms with Gasteiger partial charge >= 0.3 is 0 Å². The normalized spacial score (nSPS) is 11.2. The van der Waals surface area contributed by atoms with Crippen LogP contribution in [0.15, 0.2) is 78.9 Å². The number of anilines is 2. The third-order valence-corrected chi connectivity index (χ3v) is 4.17. The van der Waals surface area contributed by atoms with E-state index in [-0.39, 0.29) is 11.8 Å². The van der Waals surface area contributed by atoms with Crippen molar-refractivity contribution < 1.29 is 19.1 Å². The lowest BCUT2D eigenvalue weighted by Gasteiger charge is -2.17. The van der Waals surface area contributed by atoms with Crippen LogP contribution >= 0.6 is 0 Å². The minimum absolute atomic E-state index is 0.259. The molecule has 0 aliphatic carbocycles. The molecule has 0 heterocycles. The molecule has 0 saturated carbocycles. The van der Waals surface area contributed by atoms with E-state index in [1.165, 1.54) is 0 Å². The van der Waals surface area contributed by atoms with E-state index >= 15 is 0 Å². The summed E-state index contributed by atoms with van der Waals surface area (Å²) in [5.74, 6) is 0.433. The molecule has 148 valence electrons. The van der Waals surface area contributed by atoms with Crippen molar-refractivity contribution in [2.45, 2.75) is 13.0 Å². The average molecular weight is 390 g/mol. The molecule has 1 atom stereocenters. The second kappa shape index (κ2) is 9.41. The molecule has 0 radical (unpaired) electrons. The second-order valence-corrected chi connectivity index (χ2v) is 6.30. The van der Waals surface area contributed by atoms with Crippen LogP contribution < -0.4 is 20.1 Å². The maximum Gasteiger partial charge on any atom is 0.265 e. The van der Waals surface area contributed by atoms with Crippen molar-refractivity contribution in [2.75, 3.05) is 17.7 Å². The van der Waals surface area contributed by atoms with Crippen LogP contribution in [0.3, 0.4) is 0 Å². The average Bonchev–Trinajstić information content (AvgIpc) is 2.75. The zero-order chi connectivity index (χ0) is 20.6. The SMILES string of the molecule is COc1ccccc1OC(C)C(=O)Nc1cccc(C(=O)Nc2ccccc2)c1. The number of amides is 2. The Morgan fingerprint density at radius 2 is 1.45 bits per heavy atom. The molecule has 3 aromatic carbocycles. The first-order chi connectivity index (χ1) is 14.1. The van der Waals surface area contributed by atoms with Crippen LogP contribution in [0.5, 0.6) is 11.5 Å². The van der Waals surface area contributed by atoms with Crippen LogP contribution in [0.4, 0.5) is 11.4 Å². The van der Waals surface area contributed by atoms with E-state index < -0.39 is 6.10 Å². The third-order valence-electron chi connectivity index (χ3n) is 4.17. The third kappa shape index (κ3) is 5.35. The summed E-state index contributed by atoms with van der Waals surface area (Å²) in [6.45, 7) is 1.65. The fraction of sp³-hybridized carbons (Fsp3) is 0.130. The lowest BCUT2D eigenvalue weighted by Crippen LogP contribution is -2.30. The van der Waals surface area contributed by atoms with Gasteiger partial charge in [-0.25, -0.2) is 0 Å². The highest BCUT2D eigenvalue weighted by atomic mass is 16.5. The highest BCUT2D eigenvalue weighted by molar-refractivity contribution is 6.05. The summed E-state index contributed by atoms with van der Waals surface area (Å²) >= 11 is 0.